The fraction of sp³-hybridized carbons (Fsp3) is 0.429. The second-order valence-electron chi connectivity index (χ2n) is 6.81. The third kappa shape index (κ3) is 6.97. The number of nitrogens with one attached hydrogen (secondary N) is 1. The van der Waals surface area contributed by atoms with Gasteiger partial charge in [-0.1, -0.05) is 12.1 Å². The molecule has 1 N–H and O–H groups in total. The molecule has 154 valence electrons. The van der Waals surface area contributed by atoms with Gasteiger partial charge in [-0.25, -0.2) is 0 Å². The summed E-state index contributed by atoms with van der Waals surface area (Å²) in [7, 11) is 1.99. The Morgan fingerprint density at radius 3 is 2.68 bits per heavy atom. The highest BCUT2D eigenvalue weighted by Gasteiger charge is 2.23. The number of amides is 1. The first-order valence-electron chi connectivity index (χ1n) is 9.32. The number of nitrogens with zero attached hydrogens (tertiary/aromatic N) is 2. The molecular formula is C21H29Cl2N3O2. The molecule has 1 aromatic heterocycles. The molecule has 0 saturated carbocycles. The van der Waals surface area contributed by atoms with E-state index in [1.807, 2.05) is 48.3 Å². The summed E-state index contributed by atoms with van der Waals surface area (Å²) in [6.07, 6.45) is 6.89. The smallest absolute Gasteiger partial charge is 0.253 e. The Morgan fingerprint density at radius 2 is 2.00 bits per heavy atom. The zero-order valence-corrected chi connectivity index (χ0v) is 17.8. The number of pyridine rings is 1. The minimum atomic E-state index is 0. The minimum Gasteiger partial charge on any atom is -0.489 e. The van der Waals surface area contributed by atoms with Crippen molar-refractivity contribution in [1.82, 2.24) is 15.2 Å². The molecule has 1 aliphatic rings. The van der Waals surface area contributed by atoms with E-state index in [9.17, 15) is 4.79 Å². The highest BCUT2D eigenvalue weighted by Crippen LogP contribution is 2.23. The van der Waals surface area contributed by atoms with Gasteiger partial charge in [-0.05, 0) is 63.0 Å². The van der Waals surface area contributed by atoms with Gasteiger partial charge in [0.1, 0.15) is 12.4 Å². The number of likely N-dealkylation sites (tertiary alicyclic amines) is 1. The molecule has 2 aromatic rings. The molecule has 0 radical (unpaired) electrons. The first-order chi connectivity index (χ1) is 12.8. The SMILES string of the molecule is CNCCC1CCN(C(=O)c2cccc(OCc3cccnc3)c2)CC1.Cl.Cl. The molecule has 3 rings (SSSR count). The van der Waals surface area contributed by atoms with Crippen molar-refractivity contribution in [3.05, 3.63) is 59.9 Å². The van der Waals surface area contributed by atoms with E-state index < -0.39 is 0 Å². The lowest BCUT2D eigenvalue weighted by atomic mass is 9.93. The van der Waals surface area contributed by atoms with Gasteiger partial charge in [0, 0.05) is 36.6 Å². The summed E-state index contributed by atoms with van der Waals surface area (Å²) in [5.41, 5.74) is 1.70. The average molecular weight is 426 g/mol. The number of halogens is 2. The lowest BCUT2D eigenvalue weighted by Gasteiger charge is -2.32. The fourth-order valence-corrected chi connectivity index (χ4v) is 3.32. The van der Waals surface area contributed by atoms with Crippen LogP contribution in [0.2, 0.25) is 0 Å². The quantitative estimate of drug-likeness (QED) is 0.728. The number of benzene rings is 1. The van der Waals surface area contributed by atoms with Crippen LogP contribution in [0.5, 0.6) is 5.75 Å². The number of ether oxygens (including phenoxy) is 1. The molecule has 28 heavy (non-hydrogen) atoms. The molecule has 7 heteroatoms. The van der Waals surface area contributed by atoms with Crippen LogP contribution in [-0.4, -0.2) is 42.5 Å². The lowest BCUT2D eigenvalue weighted by Crippen LogP contribution is -2.38. The van der Waals surface area contributed by atoms with E-state index in [0.29, 0.717) is 17.9 Å². The van der Waals surface area contributed by atoms with Gasteiger partial charge in [-0.2, -0.15) is 0 Å². The van der Waals surface area contributed by atoms with Gasteiger partial charge < -0.3 is 15.0 Å². The molecule has 0 aliphatic carbocycles. The van der Waals surface area contributed by atoms with E-state index in [4.69, 9.17) is 4.74 Å². The van der Waals surface area contributed by atoms with E-state index >= 15 is 0 Å². The third-order valence-electron chi connectivity index (χ3n) is 4.91. The molecule has 1 aromatic carbocycles. The first-order valence-corrected chi connectivity index (χ1v) is 9.32. The van der Waals surface area contributed by atoms with Crippen molar-refractivity contribution < 1.29 is 9.53 Å². The van der Waals surface area contributed by atoms with Crippen LogP contribution in [0.25, 0.3) is 0 Å². The van der Waals surface area contributed by atoms with Gasteiger partial charge in [0.25, 0.3) is 5.91 Å². The summed E-state index contributed by atoms with van der Waals surface area (Å²) in [5.74, 6) is 1.54. The van der Waals surface area contributed by atoms with Crippen molar-refractivity contribution in [3.63, 3.8) is 0 Å². The maximum absolute atomic E-state index is 12.8. The Kier molecular flexibility index (Phi) is 10.9. The van der Waals surface area contributed by atoms with Crippen LogP contribution >= 0.6 is 24.8 Å². The van der Waals surface area contributed by atoms with Crippen LogP contribution in [0.1, 0.15) is 35.2 Å². The maximum atomic E-state index is 12.8. The predicted octanol–water partition coefficient (Wildman–Crippen LogP) is 3.97. The summed E-state index contributed by atoms with van der Waals surface area (Å²) in [5, 5.41) is 3.21. The van der Waals surface area contributed by atoms with Crippen LogP contribution in [-0.2, 0) is 6.61 Å². The number of aromatic nitrogens is 1. The number of hydrogen-bond donors (Lipinski definition) is 1. The van der Waals surface area contributed by atoms with E-state index in [1.54, 1.807) is 12.4 Å². The molecule has 1 amide bonds. The Bertz CT molecular complexity index is 708. The van der Waals surface area contributed by atoms with Crippen LogP contribution in [0.3, 0.4) is 0 Å². The third-order valence-corrected chi connectivity index (χ3v) is 4.91. The van der Waals surface area contributed by atoms with Crippen LogP contribution < -0.4 is 10.1 Å². The van der Waals surface area contributed by atoms with Crippen molar-refractivity contribution in [2.75, 3.05) is 26.7 Å². The first kappa shape index (κ1) is 24.2. The molecule has 0 bridgehead atoms. The van der Waals surface area contributed by atoms with Gasteiger partial charge in [0.15, 0.2) is 0 Å². The molecule has 0 atom stereocenters. The zero-order chi connectivity index (χ0) is 18.2. The van der Waals surface area contributed by atoms with Crippen LogP contribution in [0.4, 0.5) is 0 Å². The lowest BCUT2D eigenvalue weighted by molar-refractivity contribution is 0.0686. The van der Waals surface area contributed by atoms with Crippen molar-refractivity contribution in [1.29, 1.82) is 0 Å². The summed E-state index contributed by atoms with van der Waals surface area (Å²) < 4.78 is 5.81. The van der Waals surface area contributed by atoms with E-state index in [-0.39, 0.29) is 30.7 Å². The number of piperidine rings is 1. The van der Waals surface area contributed by atoms with Crippen LogP contribution in [0.15, 0.2) is 48.8 Å². The van der Waals surface area contributed by atoms with Crippen LogP contribution in [0, 0.1) is 5.92 Å². The molecule has 1 saturated heterocycles. The highest BCUT2D eigenvalue weighted by atomic mass is 35.5. The van der Waals surface area contributed by atoms with Gasteiger partial charge >= 0.3 is 0 Å². The highest BCUT2D eigenvalue weighted by molar-refractivity contribution is 5.94. The summed E-state index contributed by atoms with van der Waals surface area (Å²) in [6.45, 7) is 3.18. The Balaban J connectivity index is 0.00000196. The normalized spacial score (nSPS) is 14.0. The standard InChI is InChI=1S/C21H27N3O2.2ClH/c1-22-11-7-17-8-12-24(13-9-17)21(25)19-5-2-6-20(14-19)26-16-18-4-3-10-23-15-18;;/h2-6,10,14-15,17,22H,7-9,11-13,16H2,1H3;2*1H. The molecule has 2 heterocycles. The summed E-state index contributed by atoms with van der Waals surface area (Å²) >= 11 is 0. The van der Waals surface area contributed by atoms with Gasteiger partial charge in [0.05, 0.1) is 0 Å². The Labute approximate surface area is 179 Å². The number of carbonyl (C=O) groups is 1. The maximum Gasteiger partial charge on any atom is 0.253 e. The summed E-state index contributed by atoms with van der Waals surface area (Å²) in [6, 6.07) is 11.3. The fourth-order valence-electron chi connectivity index (χ4n) is 3.32. The Morgan fingerprint density at radius 1 is 1.21 bits per heavy atom. The molecule has 5 nitrogen and oxygen atoms in total. The monoisotopic (exact) mass is 425 g/mol. The number of rotatable bonds is 7. The average Bonchev–Trinajstić information content (AvgIpc) is 2.71. The number of carbonyl (C=O) groups excluding carboxylic acids is 1. The largest absolute Gasteiger partial charge is 0.489 e. The minimum absolute atomic E-state index is 0. The van der Waals surface area contributed by atoms with Gasteiger partial charge in [0.2, 0.25) is 0 Å². The summed E-state index contributed by atoms with van der Waals surface area (Å²) in [4.78, 5) is 18.8. The second kappa shape index (κ2) is 12.6. The predicted molar refractivity (Wildman–Crippen MR) is 117 cm³/mol. The molecule has 0 spiro atoms. The van der Waals surface area contributed by atoms with Crippen molar-refractivity contribution in [3.8, 4) is 5.75 Å². The topological polar surface area (TPSA) is 54.5 Å². The van der Waals surface area contributed by atoms with Gasteiger partial charge in [-0.15, -0.1) is 24.8 Å². The van der Waals surface area contributed by atoms with E-state index in [1.165, 1.54) is 6.42 Å². The molecule has 1 fully saturated rings. The van der Waals surface area contributed by atoms with Crippen molar-refractivity contribution in [2.24, 2.45) is 5.92 Å². The van der Waals surface area contributed by atoms with E-state index in [0.717, 1.165) is 44.0 Å². The molecular weight excluding hydrogens is 397 g/mol. The molecule has 0 unspecified atom stereocenters. The second-order valence-corrected chi connectivity index (χ2v) is 6.81. The molecule has 1 aliphatic heterocycles. The van der Waals surface area contributed by atoms with Gasteiger partial charge in [-0.3, -0.25) is 9.78 Å². The van der Waals surface area contributed by atoms with E-state index in [2.05, 4.69) is 10.3 Å². The van der Waals surface area contributed by atoms with Crippen molar-refractivity contribution in [2.45, 2.75) is 25.9 Å². The number of hydrogen-bond acceptors (Lipinski definition) is 4. The Hall–Kier alpha value is -1.82. The van der Waals surface area contributed by atoms with Crippen molar-refractivity contribution >= 4 is 30.7 Å². The zero-order valence-electron chi connectivity index (χ0n) is 16.2.